The molecule has 0 spiro atoms. The lowest BCUT2D eigenvalue weighted by molar-refractivity contribution is -0.137. The Morgan fingerprint density at radius 3 is 2.44 bits per heavy atom. The van der Waals surface area contributed by atoms with Crippen molar-refractivity contribution in [2.24, 2.45) is 0 Å². The van der Waals surface area contributed by atoms with Gasteiger partial charge in [-0.1, -0.05) is 49.7 Å². The summed E-state index contributed by atoms with van der Waals surface area (Å²) < 4.78 is 66.1. The third-order valence-electron chi connectivity index (χ3n) is 6.23. The second-order valence-electron chi connectivity index (χ2n) is 8.70. The highest BCUT2D eigenvalue weighted by atomic mass is 35.5. The number of aromatic nitrogens is 2. The van der Waals surface area contributed by atoms with Gasteiger partial charge in [0.1, 0.15) is 5.65 Å². The van der Waals surface area contributed by atoms with Crippen molar-refractivity contribution >= 4 is 45.1 Å². The normalized spacial score (nSPS) is 12.4. The molecule has 2 heterocycles. The minimum absolute atomic E-state index is 0.00514. The van der Waals surface area contributed by atoms with Gasteiger partial charge in [-0.3, -0.25) is 4.79 Å². The lowest BCUT2D eigenvalue weighted by atomic mass is 10.1. The monoisotopic (exact) mass is 575 g/mol. The molecule has 0 aliphatic rings. The highest BCUT2D eigenvalue weighted by molar-refractivity contribution is 7.91. The average molecular weight is 576 g/mol. The molecular formula is C28H25ClF3N3O3S. The number of nitrogens with one attached hydrogen (secondary N) is 1. The van der Waals surface area contributed by atoms with Crippen molar-refractivity contribution in [3.63, 3.8) is 0 Å². The van der Waals surface area contributed by atoms with Gasteiger partial charge in [-0.2, -0.15) is 13.2 Å². The number of alkyl halides is 3. The van der Waals surface area contributed by atoms with E-state index in [2.05, 4.69) is 10.3 Å². The van der Waals surface area contributed by atoms with Gasteiger partial charge in [0.25, 0.3) is 5.91 Å². The van der Waals surface area contributed by atoms with Crippen LogP contribution in [-0.4, -0.2) is 29.5 Å². The van der Waals surface area contributed by atoms with E-state index in [0.717, 1.165) is 17.3 Å². The number of imidazole rings is 1. The number of aryl methyl sites for hydroxylation is 1. The Kier molecular flexibility index (Phi) is 8.17. The maximum absolute atomic E-state index is 13.5. The van der Waals surface area contributed by atoms with Crippen molar-refractivity contribution in [2.45, 2.75) is 37.9 Å². The number of halogens is 4. The van der Waals surface area contributed by atoms with Crippen LogP contribution in [0.3, 0.4) is 0 Å². The smallest absolute Gasteiger partial charge is 0.348 e. The Bertz CT molecular complexity index is 1660. The van der Waals surface area contributed by atoms with Crippen molar-refractivity contribution < 1.29 is 26.4 Å². The number of carbonyl (C=O) groups is 1. The largest absolute Gasteiger partial charge is 0.417 e. The fraction of sp³-hybridized carbons (Fsp3) is 0.214. The number of hydrogen-bond donors (Lipinski definition) is 1. The predicted octanol–water partition coefficient (Wildman–Crippen LogP) is 6.46. The Morgan fingerprint density at radius 2 is 1.79 bits per heavy atom. The molecule has 0 aliphatic carbocycles. The molecule has 11 heteroatoms. The van der Waals surface area contributed by atoms with Gasteiger partial charge in [-0.25, -0.2) is 13.4 Å². The average Bonchev–Trinajstić information content (AvgIpc) is 3.27. The van der Waals surface area contributed by atoms with E-state index in [1.54, 1.807) is 41.8 Å². The summed E-state index contributed by atoms with van der Waals surface area (Å²) >= 11 is 6.07. The summed E-state index contributed by atoms with van der Waals surface area (Å²) in [5.74, 6) is -0.350. The zero-order valence-corrected chi connectivity index (χ0v) is 22.7. The van der Waals surface area contributed by atoms with Gasteiger partial charge in [-0.15, -0.1) is 0 Å². The molecule has 0 radical (unpaired) electrons. The van der Waals surface area contributed by atoms with E-state index < -0.39 is 21.6 Å². The first kappa shape index (κ1) is 28.4. The molecular weight excluding hydrogens is 551 g/mol. The third-order valence-corrected chi connectivity index (χ3v) is 8.31. The lowest BCUT2D eigenvalue weighted by Crippen LogP contribution is -2.23. The van der Waals surface area contributed by atoms with Crippen molar-refractivity contribution in [2.75, 3.05) is 5.75 Å². The third kappa shape index (κ3) is 6.17. The molecule has 6 nitrogen and oxygen atoms in total. The molecule has 0 aliphatic heterocycles. The molecule has 39 heavy (non-hydrogen) atoms. The number of carbonyl (C=O) groups excluding carboxylic acids is 1. The van der Waals surface area contributed by atoms with Crippen LogP contribution in [0.5, 0.6) is 0 Å². The molecule has 2 aromatic heterocycles. The Hall–Kier alpha value is -3.63. The van der Waals surface area contributed by atoms with Crippen LogP contribution in [0, 0.1) is 0 Å². The van der Waals surface area contributed by atoms with Crippen LogP contribution in [0.1, 0.15) is 52.3 Å². The van der Waals surface area contributed by atoms with E-state index >= 15 is 0 Å². The topological polar surface area (TPSA) is 80.5 Å². The standard InChI is InChI=1S/C28H25ClF3N3O3S/c1-3-25-24(13-12-21-22(28(30,31)32)6-5-7-23(21)29)34-26-16-19(14-15-35(25)26)27(36)33-17-18-8-10-20(11-9-18)39(37,38)4-2/h5-16H,3-4,17H2,1-2H3,(H,33,36)/b13-12+. The van der Waals surface area contributed by atoms with Gasteiger partial charge < -0.3 is 9.72 Å². The quantitative estimate of drug-likeness (QED) is 0.261. The zero-order valence-electron chi connectivity index (χ0n) is 21.1. The second-order valence-corrected chi connectivity index (χ2v) is 11.4. The molecule has 0 saturated carbocycles. The SMILES string of the molecule is CCc1c(/C=C/c2c(Cl)cccc2C(F)(F)F)nc2cc(C(=O)NCc3ccc(S(=O)(=O)CC)cc3)ccn12. The van der Waals surface area contributed by atoms with E-state index in [4.69, 9.17) is 11.6 Å². The maximum Gasteiger partial charge on any atom is 0.417 e. The minimum atomic E-state index is -4.56. The highest BCUT2D eigenvalue weighted by Gasteiger charge is 2.33. The molecule has 1 N–H and O–H groups in total. The number of rotatable bonds is 8. The van der Waals surface area contributed by atoms with E-state index in [9.17, 15) is 26.4 Å². The molecule has 0 atom stereocenters. The number of pyridine rings is 1. The molecule has 1 amide bonds. The van der Waals surface area contributed by atoms with Gasteiger partial charge in [0.2, 0.25) is 0 Å². The molecule has 0 fully saturated rings. The Labute approximate surface area is 229 Å². The van der Waals surface area contributed by atoms with Gasteiger partial charge >= 0.3 is 6.18 Å². The van der Waals surface area contributed by atoms with Gasteiger partial charge in [-0.05, 0) is 54.5 Å². The van der Waals surface area contributed by atoms with Crippen LogP contribution in [0.2, 0.25) is 5.02 Å². The van der Waals surface area contributed by atoms with E-state index in [1.165, 1.54) is 36.4 Å². The number of hydrogen-bond acceptors (Lipinski definition) is 4. The number of benzene rings is 2. The van der Waals surface area contributed by atoms with Crippen LogP contribution in [0.25, 0.3) is 17.8 Å². The number of sulfone groups is 1. The van der Waals surface area contributed by atoms with E-state index in [-0.39, 0.29) is 33.7 Å². The van der Waals surface area contributed by atoms with Gasteiger partial charge in [0.15, 0.2) is 9.84 Å². The molecule has 2 aromatic carbocycles. The summed E-state index contributed by atoms with van der Waals surface area (Å²) in [5, 5.41) is 2.78. The lowest BCUT2D eigenvalue weighted by Gasteiger charge is -2.11. The van der Waals surface area contributed by atoms with E-state index in [0.29, 0.717) is 23.3 Å². The predicted molar refractivity (Wildman–Crippen MR) is 145 cm³/mol. The molecule has 4 rings (SSSR count). The fourth-order valence-electron chi connectivity index (χ4n) is 4.12. The summed E-state index contributed by atoms with van der Waals surface area (Å²) in [5.41, 5.74) is 1.78. The molecule has 0 saturated heterocycles. The van der Waals surface area contributed by atoms with Crippen molar-refractivity contribution in [1.82, 2.24) is 14.7 Å². The van der Waals surface area contributed by atoms with Gasteiger partial charge in [0, 0.05) is 34.6 Å². The molecule has 0 bridgehead atoms. The summed E-state index contributed by atoms with van der Waals surface area (Å²) in [4.78, 5) is 17.6. The first-order valence-electron chi connectivity index (χ1n) is 12.1. The Balaban J connectivity index is 1.56. The number of fused-ring (bicyclic) bond motifs is 1. The fourth-order valence-corrected chi connectivity index (χ4v) is 5.24. The number of amides is 1. The Morgan fingerprint density at radius 1 is 1.08 bits per heavy atom. The minimum Gasteiger partial charge on any atom is -0.348 e. The first-order chi connectivity index (χ1) is 18.4. The summed E-state index contributed by atoms with van der Waals surface area (Å²) in [6, 6.07) is 13.2. The van der Waals surface area contributed by atoms with Crippen LogP contribution in [0.15, 0.2) is 65.7 Å². The second kappa shape index (κ2) is 11.2. The van der Waals surface area contributed by atoms with Crippen LogP contribution >= 0.6 is 11.6 Å². The molecule has 0 unspecified atom stereocenters. The van der Waals surface area contributed by atoms with Crippen molar-refractivity contribution in [1.29, 1.82) is 0 Å². The van der Waals surface area contributed by atoms with E-state index in [1.807, 2.05) is 6.92 Å². The summed E-state index contributed by atoms with van der Waals surface area (Å²) in [7, 11) is -3.30. The van der Waals surface area contributed by atoms with Gasteiger partial charge in [0.05, 0.1) is 21.9 Å². The number of nitrogens with zero attached hydrogens (tertiary/aromatic N) is 2. The van der Waals surface area contributed by atoms with Crippen molar-refractivity contribution in [3.05, 3.63) is 99.5 Å². The van der Waals surface area contributed by atoms with Crippen molar-refractivity contribution in [3.8, 4) is 0 Å². The highest BCUT2D eigenvalue weighted by Crippen LogP contribution is 2.36. The maximum atomic E-state index is 13.5. The van der Waals surface area contributed by atoms with Crippen LogP contribution < -0.4 is 5.32 Å². The summed E-state index contributed by atoms with van der Waals surface area (Å²) in [6.07, 6.45) is 0.467. The molecule has 204 valence electrons. The van der Waals surface area contributed by atoms with Crippen LogP contribution in [-0.2, 0) is 29.0 Å². The molecule has 4 aromatic rings. The zero-order chi connectivity index (χ0) is 28.4. The van der Waals surface area contributed by atoms with Crippen LogP contribution in [0.4, 0.5) is 13.2 Å². The first-order valence-corrected chi connectivity index (χ1v) is 14.1. The summed E-state index contributed by atoms with van der Waals surface area (Å²) in [6.45, 7) is 3.67.